The third-order valence-corrected chi connectivity index (χ3v) is 8.96. The summed E-state index contributed by atoms with van der Waals surface area (Å²) in [6.45, 7) is 2.38. The molecule has 4 bridgehead atoms. The summed E-state index contributed by atoms with van der Waals surface area (Å²) in [4.78, 5) is 28.4. The Hall–Kier alpha value is -2.79. The smallest absolute Gasteiger partial charge is 0.319 e. The predicted octanol–water partition coefficient (Wildman–Crippen LogP) is 3.01. The highest BCUT2D eigenvalue weighted by atomic mass is 32.2. The molecule has 1 aromatic carbocycles. The number of morpholine rings is 1. The van der Waals surface area contributed by atoms with Crippen LogP contribution in [-0.4, -0.2) is 67.5 Å². The molecule has 37 heavy (non-hydrogen) atoms. The number of rotatable bonds is 6. The number of sulfone groups is 1. The summed E-state index contributed by atoms with van der Waals surface area (Å²) in [6.07, 6.45) is 8.48. The number of hydrogen-bond donors (Lipinski definition) is 2. The van der Waals surface area contributed by atoms with E-state index in [4.69, 9.17) is 4.74 Å². The number of ether oxygens (including phenoxy) is 1. The molecule has 5 fully saturated rings. The maximum Gasteiger partial charge on any atom is 0.319 e. The molecular weight excluding hydrogens is 492 g/mol. The molecule has 1 saturated heterocycles. The number of aromatic nitrogens is 3. The van der Waals surface area contributed by atoms with Crippen molar-refractivity contribution in [2.45, 2.75) is 49.8 Å². The van der Waals surface area contributed by atoms with Gasteiger partial charge < -0.3 is 20.3 Å². The highest BCUT2D eigenvalue weighted by molar-refractivity contribution is 7.89. The summed E-state index contributed by atoms with van der Waals surface area (Å²) in [5, 5.41) is 6.33. The van der Waals surface area contributed by atoms with E-state index in [1.807, 2.05) is 29.2 Å². The quantitative estimate of drug-likeness (QED) is 0.588. The normalized spacial score (nSPS) is 28.8. The molecule has 198 valence electrons. The molecule has 2 amide bonds. The molecule has 4 aliphatic carbocycles. The van der Waals surface area contributed by atoms with E-state index in [0.717, 1.165) is 42.6 Å². The van der Waals surface area contributed by atoms with E-state index in [-0.39, 0.29) is 23.1 Å². The fourth-order valence-electron chi connectivity index (χ4n) is 7.11. The number of amides is 2. The van der Waals surface area contributed by atoms with Gasteiger partial charge in [0.05, 0.1) is 13.2 Å². The molecule has 10 nitrogen and oxygen atoms in total. The first-order valence-electron chi connectivity index (χ1n) is 13.2. The van der Waals surface area contributed by atoms with Crippen molar-refractivity contribution in [3.8, 4) is 11.4 Å². The van der Waals surface area contributed by atoms with Gasteiger partial charge >= 0.3 is 6.03 Å². The van der Waals surface area contributed by atoms with Crippen LogP contribution in [0.3, 0.4) is 0 Å². The first-order valence-corrected chi connectivity index (χ1v) is 15.2. The standard InChI is InChI=1S/C26H34N6O4S/c1-37(34,35)16-22-28-23(30-24(29-22)32-6-8-36-9-7-32)20-2-4-21(5-3-20)27-25(33)31-26-13-17-10-18(14-26)12-19(11-17)15-26/h2-5,17-19H,6-16H2,1H3,(H2,27,31,33). The van der Waals surface area contributed by atoms with Crippen LogP contribution in [-0.2, 0) is 20.3 Å². The summed E-state index contributed by atoms with van der Waals surface area (Å²) in [5.41, 5.74) is 1.36. The monoisotopic (exact) mass is 526 g/mol. The van der Waals surface area contributed by atoms with Crippen LogP contribution in [0.25, 0.3) is 11.4 Å². The molecule has 0 atom stereocenters. The summed E-state index contributed by atoms with van der Waals surface area (Å²) >= 11 is 0. The van der Waals surface area contributed by atoms with Gasteiger partial charge in [-0.05, 0) is 80.5 Å². The highest BCUT2D eigenvalue weighted by Gasteiger charge is 2.51. The van der Waals surface area contributed by atoms with Crippen molar-refractivity contribution in [3.05, 3.63) is 30.1 Å². The molecule has 1 aromatic heterocycles. The molecule has 2 aromatic rings. The number of nitrogens with zero attached hydrogens (tertiary/aromatic N) is 4. The number of anilines is 2. The zero-order valence-corrected chi connectivity index (χ0v) is 22.0. The van der Waals surface area contributed by atoms with E-state index in [2.05, 4.69) is 25.6 Å². The van der Waals surface area contributed by atoms with Gasteiger partial charge in [0.15, 0.2) is 15.7 Å². The zero-order chi connectivity index (χ0) is 25.6. The Balaban J connectivity index is 1.17. The first kappa shape index (κ1) is 24.5. The van der Waals surface area contributed by atoms with Gasteiger partial charge in [-0.25, -0.2) is 18.2 Å². The fraction of sp³-hybridized carbons (Fsp3) is 0.615. The number of benzene rings is 1. The summed E-state index contributed by atoms with van der Waals surface area (Å²) in [7, 11) is -3.31. The summed E-state index contributed by atoms with van der Waals surface area (Å²) in [5.74, 6) is 3.10. The molecule has 0 spiro atoms. The Morgan fingerprint density at radius 1 is 1.00 bits per heavy atom. The maximum absolute atomic E-state index is 12.9. The SMILES string of the molecule is CS(=O)(=O)Cc1nc(-c2ccc(NC(=O)NC34CC5CC(CC(C5)C3)C4)cc2)nc(N2CCOCC2)n1. The molecule has 5 aliphatic rings. The first-order chi connectivity index (χ1) is 17.7. The van der Waals surface area contributed by atoms with Crippen LogP contribution in [0, 0.1) is 17.8 Å². The topological polar surface area (TPSA) is 126 Å². The van der Waals surface area contributed by atoms with Crippen molar-refractivity contribution in [1.82, 2.24) is 20.3 Å². The average molecular weight is 527 g/mol. The van der Waals surface area contributed by atoms with Gasteiger partial charge in [-0.15, -0.1) is 0 Å². The molecule has 0 unspecified atom stereocenters. The summed E-state index contributed by atoms with van der Waals surface area (Å²) in [6, 6.07) is 7.16. The van der Waals surface area contributed by atoms with Gasteiger partial charge in [0.2, 0.25) is 5.95 Å². The Kier molecular flexibility index (Phi) is 6.30. The fourth-order valence-corrected chi connectivity index (χ4v) is 7.71. The second-order valence-electron chi connectivity index (χ2n) is 11.4. The van der Waals surface area contributed by atoms with Gasteiger partial charge in [-0.2, -0.15) is 9.97 Å². The maximum atomic E-state index is 12.9. The number of carbonyl (C=O) groups excluding carboxylic acids is 1. The molecule has 11 heteroatoms. The van der Waals surface area contributed by atoms with Crippen LogP contribution in [0.2, 0.25) is 0 Å². The lowest BCUT2D eigenvalue weighted by molar-refractivity contribution is -0.0127. The lowest BCUT2D eigenvalue weighted by Crippen LogP contribution is -2.60. The van der Waals surface area contributed by atoms with E-state index in [0.29, 0.717) is 43.8 Å². The van der Waals surface area contributed by atoms with Crippen molar-refractivity contribution in [2.75, 3.05) is 42.8 Å². The highest BCUT2D eigenvalue weighted by Crippen LogP contribution is 2.55. The Bertz CT molecular complexity index is 1240. The minimum atomic E-state index is -3.31. The van der Waals surface area contributed by atoms with Crippen molar-refractivity contribution >= 4 is 27.5 Å². The van der Waals surface area contributed by atoms with E-state index in [9.17, 15) is 13.2 Å². The molecule has 2 heterocycles. The van der Waals surface area contributed by atoms with E-state index in [1.54, 1.807) is 0 Å². The second-order valence-corrected chi connectivity index (χ2v) is 13.5. The van der Waals surface area contributed by atoms with Gasteiger partial charge in [0.1, 0.15) is 11.6 Å². The lowest BCUT2D eigenvalue weighted by Gasteiger charge is -2.56. The minimum Gasteiger partial charge on any atom is -0.378 e. The van der Waals surface area contributed by atoms with Crippen LogP contribution in [0.15, 0.2) is 24.3 Å². The predicted molar refractivity (Wildman–Crippen MR) is 140 cm³/mol. The van der Waals surface area contributed by atoms with Crippen molar-refractivity contribution in [1.29, 1.82) is 0 Å². The van der Waals surface area contributed by atoms with E-state index >= 15 is 0 Å². The third kappa shape index (κ3) is 5.57. The molecule has 2 N–H and O–H groups in total. The van der Waals surface area contributed by atoms with Crippen LogP contribution in [0.4, 0.5) is 16.4 Å². The number of carbonyl (C=O) groups is 1. The summed E-state index contributed by atoms with van der Waals surface area (Å²) < 4.78 is 29.3. The Morgan fingerprint density at radius 2 is 1.62 bits per heavy atom. The molecule has 1 aliphatic heterocycles. The molecule has 4 saturated carbocycles. The van der Waals surface area contributed by atoms with E-state index in [1.165, 1.54) is 25.5 Å². The minimum absolute atomic E-state index is 0.0461. The van der Waals surface area contributed by atoms with Gasteiger partial charge in [-0.3, -0.25) is 0 Å². The van der Waals surface area contributed by atoms with Gasteiger partial charge in [0.25, 0.3) is 0 Å². The Morgan fingerprint density at radius 3 is 2.22 bits per heavy atom. The zero-order valence-electron chi connectivity index (χ0n) is 21.1. The Labute approximate surface area is 217 Å². The second kappa shape index (κ2) is 9.50. The van der Waals surface area contributed by atoms with Crippen LogP contribution < -0.4 is 15.5 Å². The van der Waals surface area contributed by atoms with Gasteiger partial charge in [0, 0.05) is 36.1 Å². The molecule has 0 radical (unpaired) electrons. The molecular formula is C26H34N6O4S. The van der Waals surface area contributed by atoms with Crippen molar-refractivity contribution < 1.29 is 17.9 Å². The molecule has 7 rings (SSSR count). The third-order valence-electron chi connectivity index (χ3n) is 8.17. The average Bonchev–Trinajstić information content (AvgIpc) is 2.82. The number of nitrogens with one attached hydrogen (secondary N) is 2. The van der Waals surface area contributed by atoms with Crippen molar-refractivity contribution in [3.63, 3.8) is 0 Å². The van der Waals surface area contributed by atoms with E-state index < -0.39 is 9.84 Å². The number of hydrogen-bond acceptors (Lipinski definition) is 8. The van der Waals surface area contributed by atoms with Crippen molar-refractivity contribution in [2.24, 2.45) is 17.8 Å². The van der Waals surface area contributed by atoms with Gasteiger partial charge in [-0.1, -0.05) is 0 Å². The number of urea groups is 1. The van der Waals surface area contributed by atoms with Crippen LogP contribution >= 0.6 is 0 Å². The lowest BCUT2D eigenvalue weighted by atomic mass is 9.53. The van der Waals surface area contributed by atoms with Crippen LogP contribution in [0.5, 0.6) is 0 Å². The largest absolute Gasteiger partial charge is 0.378 e. The van der Waals surface area contributed by atoms with Crippen LogP contribution in [0.1, 0.15) is 44.3 Å².